The molecule has 5 rings (SSSR count). The molecule has 8 heteroatoms. The van der Waals surface area contributed by atoms with Crippen molar-refractivity contribution in [3.05, 3.63) is 47.9 Å². The van der Waals surface area contributed by atoms with Crippen molar-refractivity contribution in [2.45, 2.75) is 43.8 Å². The van der Waals surface area contributed by atoms with E-state index in [0.717, 1.165) is 48.2 Å². The van der Waals surface area contributed by atoms with E-state index in [2.05, 4.69) is 31.2 Å². The lowest BCUT2D eigenvalue weighted by Gasteiger charge is -2.40. The third-order valence-corrected chi connectivity index (χ3v) is 6.07. The Morgan fingerprint density at radius 3 is 2.79 bits per heavy atom. The van der Waals surface area contributed by atoms with E-state index in [0.29, 0.717) is 23.2 Å². The van der Waals surface area contributed by atoms with E-state index in [1.165, 1.54) is 6.20 Å². The summed E-state index contributed by atoms with van der Waals surface area (Å²) in [4.78, 5) is 26.2. The molecule has 29 heavy (non-hydrogen) atoms. The lowest BCUT2D eigenvalue weighted by Crippen LogP contribution is -2.47. The van der Waals surface area contributed by atoms with Gasteiger partial charge in [0.15, 0.2) is 0 Å². The van der Waals surface area contributed by atoms with Crippen LogP contribution in [0.25, 0.3) is 11.0 Å². The molecular weight excluding hydrogens is 366 g/mol. The van der Waals surface area contributed by atoms with Crippen LogP contribution in [0.4, 0.5) is 11.5 Å². The van der Waals surface area contributed by atoms with Crippen LogP contribution in [0.2, 0.25) is 0 Å². The molecule has 3 aromatic heterocycles. The summed E-state index contributed by atoms with van der Waals surface area (Å²) >= 11 is 0. The minimum Gasteiger partial charge on any atom is -0.381 e. The van der Waals surface area contributed by atoms with Gasteiger partial charge < -0.3 is 20.9 Å². The number of pyridine rings is 2. The molecular formula is C21H21N7O. The van der Waals surface area contributed by atoms with Gasteiger partial charge in [-0.15, -0.1) is 0 Å². The number of hydrogen-bond donors (Lipinski definition) is 3. The Bertz CT molecular complexity index is 1120. The third-order valence-electron chi connectivity index (χ3n) is 6.07. The molecule has 0 saturated carbocycles. The van der Waals surface area contributed by atoms with E-state index in [9.17, 15) is 10.1 Å². The number of H-pyrrole nitrogens is 1. The molecule has 2 aliphatic rings. The van der Waals surface area contributed by atoms with Crippen LogP contribution < -0.4 is 16.0 Å². The molecule has 1 unspecified atom stereocenters. The van der Waals surface area contributed by atoms with E-state index in [4.69, 9.17) is 5.73 Å². The van der Waals surface area contributed by atoms with Crippen LogP contribution in [-0.2, 0) is 0 Å². The van der Waals surface area contributed by atoms with Crippen LogP contribution >= 0.6 is 0 Å². The van der Waals surface area contributed by atoms with E-state index in [-0.39, 0.29) is 6.04 Å². The first-order chi connectivity index (χ1) is 14.1. The summed E-state index contributed by atoms with van der Waals surface area (Å²) in [7, 11) is 0. The molecule has 5 heterocycles. The lowest BCUT2D eigenvalue weighted by atomic mass is 9.96. The number of carbonyl (C=O) groups excluding carboxylic acids is 1. The minimum atomic E-state index is -0.485. The van der Waals surface area contributed by atoms with Crippen LogP contribution in [0.3, 0.4) is 0 Å². The highest BCUT2D eigenvalue weighted by Gasteiger charge is 2.41. The minimum absolute atomic E-state index is 0.224. The number of aromatic nitrogens is 3. The second kappa shape index (κ2) is 6.78. The number of piperidine rings is 1. The summed E-state index contributed by atoms with van der Waals surface area (Å²) in [6, 6.07) is 8.65. The molecule has 2 saturated heterocycles. The summed E-state index contributed by atoms with van der Waals surface area (Å²) in [6.45, 7) is 0. The molecule has 3 atom stereocenters. The fourth-order valence-corrected chi connectivity index (χ4v) is 4.85. The number of nitrogens with two attached hydrogens (primary N) is 1. The van der Waals surface area contributed by atoms with Gasteiger partial charge in [-0.3, -0.25) is 4.79 Å². The molecule has 2 fully saturated rings. The highest BCUT2D eigenvalue weighted by Crippen LogP contribution is 2.40. The molecule has 0 spiro atoms. The maximum atomic E-state index is 12.0. The number of rotatable bonds is 4. The number of primary amides is 1. The van der Waals surface area contributed by atoms with Crippen LogP contribution in [0.5, 0.6) is 0 Å². The Hall–Kier alpha value is -3.60. The second-order valence-corrected chi connectivity index (χ2v) is 7.77. The molecule has 0 aliphatic carbocycles. The van der Waals surface area contributed by atoms with Crippen molar-refractivity contribution in [3.63, 3.8) is 0 Å². The smallest absolute Gasteiger partial charge is 0.252 e. The van der Waals surface area contributed by atoms with Crippen molar-refractivity contribution < 1.29 is 4.79 Å². The molecule has 8 nitrogen and oxygen atoms in total. The third kappa shape index (κ3) is 2.95. The number of hydrogen-bond acceptors (Lipinski definition) is 6. The van der Waals surface area contributed by atoms with Crippen molar-refractivity contribution in [3.8, 4) is 6.07 Å². The highest BCUT2D eigenvalue weighted by molar-refractivity contribution is 6.06. The van der Waals surface area contributed by atoms with Crippen LogP contribution in [0, 0.1) is 11.3 Å². The van der Waals surface area contributed by atoms with Crippen molar-refractivity contribution in [1.29, 1.82) is 5.26 Å². The van der Waals surface area contributed by atoms with Crippen molar-refractivity contribution >= 4 is 28.4 Å². The molecule has 4 N–H and O–H groups in total. The van der Waals surface area contributed by atoms with Gasteiger partial charge in [-0.2, -0.15) is 5.26 Å². The molecule has 0 aromatic carbocycles. The monoisotopic (exact) mass is 387 g/mol. The fourth-order valence-electron chi connectivity index (χ4n) is 4.85. The number of nitriles is 1. The zero-order chi connectivity index (χ0) is 20.0. The fraction of sp³-hybridized carbons (Fsp3) is 0.333. The first kappa shape index (κ1) is 17.5. The Balaban J connectivity index is 1.42. The van der Waals surface area contributed by atoms with Gasteiger partial charge in [0, 0.05) is 42.1 Å². The number of nitrogens with one attached hydrogen (secondary N) is 2. The highest BCUT2D eigenvalue weighted by atomic mass is 16.1. The predicted molar refractivity (Wildman–Crippen MR) is 109 cm³/mol. The number of anilines is 2. The number of amides is 1. The SMILES string of the molecule is N#Cc1ccnc(N2[C@@H]3CC[C@H]2CC(Nc2c(C(N)=O)cnc4[nH]ccc24)C3)c1. The van der Waals surface area contributed by atoms with E-state index in [1.807, 2.05) is 18.3 Å². The number of fused-ring (bicyclic) bond motifs is 3. The number of aromatic amines is 1. The molecule has 146 valence electrons. The Morgan fingerprint density at radius 1 is 1.28 bits per heavy atom. The normalized spacial score (nSPS) is 23.1. The van der Waals surface area contributed by atoms with Gasteiger partial charge >= 0.3 is 0 Å². The zero-order valence-electron chi connectivity index (χ0n) is 15.8. The van der Waals surface area contributed by atoms with Gasteiger partial charge in [-0.05, 0) is 43.9 Å². The average Bonchev–Trinajstić information content (AvgIpc) is 3.31. The van der Waals surface area contributed by atoms with Gasteiger partial charge in [-0.25, -0.2) is 9.97 Å². The lowest BCUT2D eigenvalue weighted by molar-refractivity contribution is 0.100. The Morgan fingerprint density at radius 2 is 2.07 bits per heavy atom. The first-order valence-corrected chi connectivity index (χ1v) is 9.81. The maximum Gasteiger partial charge on any atom is 0.252 e. The number of nitrogens with zero attached hydrogens (tertiary/aromatic N) is 4. The van der Waals surface area contributed by atoms with E-state index in [1.54, 1.807) is 12.3 Å². The summed E-state index contributed by atoms with van der Waals surface area (Å²) in [5, 5.41) is 13.7. The summed E-state index contributed by atoms with van der Waals surface area (Å²) in [6.07, 6.45) is 9.11. The van der Waals surface area contributed by atoms with E-state index < -0.39 is 5.91 Å². The van der Waals surface area contributed by atoms with Gasteiger partial charge in [0.25, 0.3) is 5.91 Å². The first-order valence-electron chi connectivity index (χ1n) is 9.81. The van der Waals surface area contributed by atoms with Crippen molar-refractivity contribution in [2.24, 2.45) is 5.73 Å². The topological polar surface area (TPSA) is 124 Å². The maximum absolute atomic E-state index is 12.0. The predicted octanol–water partition coefficient (Wildman–Crippen LogP) is 2.54. The summed E-state index contributed by atoms with van der Waals surface area (Å²) in [5.41, 5.74) is 8.13. The van der Waals surface area contributed by atoms with Crippen LogP contribution in [0.1, 0.15) is 41.6 Å². The van der Waals surface area contributed by atoms with Crippen LogP contribution in [0.15, 0.2) is 36.8 Å². The van der Waals surface area contributed by atoms with Gasteiger partial charge in [0.2, 0.25) is 0 Å². The zero-order valence-corrected chi connectivity index (χ0v) is 15.8. The molecule has 2 bridgehead atoms. The largest absolute Gasteiger partial charge is 0.381 e. The quantitative estimate of drug-likeness (QED) is 0.632. The Labute approximate surface area is 167 Å². The van der Waals surface area contributed by atoms with Crippen molar-refractivity contribution in [2.75, 3.05) is 10.2 Å². The molecule has 3 aromatic rings. The molecule has 0 radical (unpaired) electrons. The standard InChI is InChI=1S/C21H21N7O/c22-10-12-3-5-24-18(7-12)28-14-1-2-15(28)9-13(8-14)27-19-16-4-6-25-21(16)26-11-17(19)20(23)29/h3-7,11,13-15H,1-2,8-9H2,(H2,23,29)(H2,25,26,27)/t13?,14-,15+. The van der Waals surface area contributed by atoms with Gasteiger partial charge in [-0.1, -0.05) is 0 Å². The average molecular weight is 387 g/mol. The summed E-state index contributed by atoms with van der Waals surface area (Å²) < 4.78 is 0. The molecule has 2 aliphatic heterocycles. The van der Waals surface area contributed by atoms with Crippen molar-refractivity contribution in [1.82, 2.24) is 15.0 Å². The van der Waals surface area contributed by atoms with Gasteiger partial charge in [0.1, 0.15) is 11.5 Å². The second-order valence-electron chi connectivity index (χ2n) is 7.77. The van der Waals surface area contributed by atoms with Crippen LogP contribution in [-0.4, -0.2) is 39.0 Å². The number of carbonyl (C=O) groups is 1. The summed E-state index contributed by atoms with van der Waals surface area (Å²) in [5.74, 6) is 0.394. The van der Waals surface area contributed by atoms with Gasteiger partial charge in [0.05, 0.1) is 22.9 Å². The van der Waals surface area contributed by atoms with E-state index >= 15 is 0 Å². The molecule has 1 amide bonds. The Kier molecular flexibility index (Phi) is 4.09.